The zero-order valence-electron chi connectivity index (χ0n) is 15.5. The van der Waals surface area contributed by atoms with Crippen LogP contribution in [0, 0.1) is 0 Å². The highest BCUT2D eigenvalue weighted by molar-refractivity contribution is 5.75. The van der Waals surface area contributed by atoms with Crippen molar-refractivity contribution in [1.82, 2.24) is 19.5 Å². The molecule has 0 bridgehead atoms. The first-order valence-electron chi connectivity index (χ1n) is 9.72. The van der Waals surface area contributed by atoms with Crippen LogP contribution < -0.4 is 10.5 Å². The topological polar surface area (TPSA) is 63.9 Å². The minimum absolute atomic E-state index is 0.0320. The first-order valence-corrected chi connectivity index (χ1v) is 9.72. The van der Waals surface area contributed by atoms with E-state index >= 15 is 0 Å². The first-order chi connectivity index (χ1) is 13.2. The van der Waals surface area contributed by atoms with E-state index in [1.807, 2.05) is 6.20 Å². The number of anilines is 1. The van der Waals surface area contributed by atoms with Crippen molar-refractivity contribution in [2.24, 2.45) is 7.05 Å². The summed E-state index contributed by atoms with van der Waals surface area (Å²) in [5, 5.41) is 1.14. The van der Waals surface area contributed by atoms with Crippen LogP contribution in [-0.4, -0.2) is 32.6 Å². The van der Waals surface area contributed by atoms with Gasteiger partial charge in [0.25, 0.3) is 5.56 Å². The molecule has 27 heavy (non-hydrogen) atoms. The van der Waals surface area contributed by atoms with Crippen LogP contribution in [0.4, 0.5) is 5.82 Å². The molecule has 2 aliphatic rings. The van der Waals surface area contributed by atoms with Crippen LogP contribution in [0.25, 0.3) is 11.0 Å². The van der Waals surface area contributed by atoms with Crippen LogP contribution in [0.1, 0.15) is 48.8 Å². The van der Waals surface area contributed by atoms with Crippen LogP contribution in [0.3, 0.4) is 0 Å². The SMILES string of the molecule is Cn1ccnc(N2CCC(c3ccc4cc(C5CC5)cnc4n3)CC2)c1=O. The number of hydrogen-bond acceptors (Lipinski definition) is 5. The second-order valence-corrected chi connectivity index (χ2v) is 7.75. The first kappa shape index (κ1) is 16.4. The van der Waals surface area contributed by atoms with E-state index in [4.69, 9.17) is 4.98 Å². The molecular formula is C21H23N5O. The van der Waals surface area contributed by atoms with Crippen molar-refractivity contribution in [3.05, 3.63) is 58.4 Å². The summed E-state index contributed by atoms with van der Waals surface area (Å²) in [5.74, 6) is 1.67. The van der Waals surface area contributed by atoms with Gasteiger partial charge >= 0.3 is 0 Å². The van der Waals surface area contributed by atoms with Crippen LogP contribution in [-0.2, 0) is 7.05 Å². The van der Waals surface area contributed by atoms with E-state index in [1.54, 1.807) is 24.0 Å². The average molecular weight is 361 g/mol. The maximum Gasteiger partial charge on any atom is 0.293 e. The minimum atomic E-state index is -0.0320. The predicted octanol–water partition coefficient (Wildman–Crippen LogP) is 2.98. The van der Waals surface area contributed by atoms with Gasteiger partial charge in [-0.05, 0) is 55.4 Å². The molecule has 6 heteroatoms. The Morgan fingerprint density at radius 2 is 1.85 bits per heavy atom. The van der Waals surface area contributed by atoms with Crippen molar-refractivity contribution in [2.45, 2.75) is 37.5 Å². The molecule has 0 unspecified atom stereocenters. The molecule has 0 atom stereocenters. The van der Waals surface area contributed by atoms with Crippen molar-refractivity contribution in [1.29, 1.82) is 0 Å². The molecule has 0 amide bonds. The molecule has 0 radical (unpaired) electrons. The number of fused-ring (bicyclic) bond motifs is 1. The van der Waals surface area contributed by atoms with Gasteiger partial charge in [-0.25, -0.2) is 15.0 Å². The van der Waals surface area contributed by atoms with Gasteiger partial charge < -0.3 is 9.47 Å². The Hall–Kier alpha value is -2.76. The van der Waals surface area contributed by atoms with E-state index in [-0.39, 0.29) is 5.56 Å². The van der Waals surface area contributed by atoms with E-state index in [2.05, 4.69) is 33.1 Å². The van der Waals surface area contributed by atoms with Crippen LogP contribution in [0.15, 0.2) is 41.6 Å². The zero-order chi connectivity index (χ0) is 18.4. The summed E-state index contributed by atoms with van der Waals surface area (Å²) in [6.45, 7) is 1.65. The Bertz CT molecular complexity index is 1050. The maximum absolute atomic E-state index is 12.3. The predicted molar refractivity (Wildman–Crippen MR) is 105 cm³/mol. The lowest BCUT2D eigenvalue weighted by molar-refractivity contribution is 0.492. The van der Waals surface area contributed by atoms with Gasteiger partial charge in [0.1, 0.15) is 0 Å². The third kappa shape index (κ3) is 3.09. The van der Waals surface area contributed by atoms with Gasteiger partial charge in [-0.15, -0.1) is 0 Å². The Balaban J connectivity index is 1.33. The summed E-state index contributed by atoms with van der Waals surface area (Å²) >= 11 is 0. The fraction of sp³-hybridized carbons (Fsp3) is 0.429. The summed E-state index contributed by atoms with van der Waals surface area (Å²) in [6, 6.07) is 6.56. The van der Waals surface area contributed by atoms with Gasteiger partial charge in [0, 0.05) is 55.7 Å². The Morgan fingerprint density at radius 1 is 1.04 bits per heavy atom. The standard InChI is InChI=1S/C21H23N5O/c1-25-11-8-22-20(21(25)27)26-9-6-15(7-10-26)18-5-4-16-12-17(14-2-3-14)13-23-19(16)24-18/h4-5,8,11-15H,2-3,6-7,9-10H2,1H3. The Kier molecular flexibility index (Phi) is 3.92. The number of pyridine rings is 2. The molecule has 2 fully saturated rings. The molecule has 6 nitrogen and oxygen atoms in total. The minimum Gasteiger partial charge on any atom is -0.352 e. The number of hydrogen-bond donors (Lipinski definition) is 0. The number of nitrogens with zero attached hydrogens (tertiary/aromatic N) is 5. The third-order valence-corrected chi connectivity index (χ3v) is 5.85. The highest BCUT2D eigenvalue weighted by Gasteiger charge is 2.26. The maximum atomic E-state index is 12.3. The number of aryl methyl sites for hydroxylation is 1. The lowest BCUT2D eigenvalue weighted by Crippen LogP contribution is -2.38. The van der Waals surface area contributed by atoms with E-state index in [0.29, 0.717) is 17.7 Å². The molecule has 4 heterocycles. The highest BCUT2D eigenvalue weighted by Crippen LogP contribution is 2.40. The highest BCUT2D eigenvalue weighted by atomic mass is 16.1. The summed E-state index contributed by atoms with van der Waals surface area (Å²) in [4.78, 5) is 28.1. The van der Waals surface area contributed by atoms with Crippen molar-refractivity contribution in [3.8, 4) is 0 Å². The molecular weight excluding hydrogens is 338 g/mol. The lowest BCUT2D eigenvalue weighted by Gasteiger charge is -2.32. The van der Waals surface area contributed by atoms with Crippen LogP contribution in [0.5, 0.6) is 0 Å². The molecule has 0 N–H and O–H groups in total. The quantitative estimate of drug-likeness (QED) is 0.718. The van der Waals surface area contributed by atoms with Crippen LogP contribution >= 0.6 is 0 Å². The average Bonchev–Trinajstić information content (AvgIpc) is 3.55. The second-order valence-electron chi connectivity index (χ2n) is 7.75. The lowest BCUT2D eigenvalue weighted by atomic mass is 9.93. The molecule has 1 saturated heterocycles. The molecule has 3 aromatic rings. The number of piperidine rings is 1. The Labute approximate surface area is 157 Å². The van der Waals surface area contributed by atoms with Gasteiger partial charge in [-0.1, -0.05) is 0 Å². The summed E-state index contributed by atoms with van der Waals surface area (Å²) in [5.41, 5.74) is 3.28. The fourth-order valence-corrected chi connectivity index (χ4v) is 4.00. The van der Waals surface area contributed by atoms with Crippen molar-refractivity contribution in [3.63, 3.8) is 0 Å². The van der Waals surface area contributed by atoms with Crippen molar-refractivity contribution in [2.75, 3.05) is 18.0 Å². The Morgan fingerprint density at radius 3 is 2.63 bits per heavy atom. The zero-order valence-corrected chi connectivity index (χ0v) is 15.5. The van der Waals surface area contributed by atoms with Gasteiger partial charge in [0.2, 0.25) is 0 Å². The van der Waals surface area contributed by atoms with E-state index < -0.39 is 0 Å². The van der Waals surface area contributed by atoms with Gasteiger partial charge in [0.15, 0.2) is 11.5 Å². The second kappa shape index (κ2) is 6.44. The van der Waals surface area contributed by atoms with Crippen LogP contribution in [0.2, 0.25) is 0 Å². The fourth-order valence-electron chi connectivity index (χ4n) is 4.00. The van der Waals surface area contributed by atoms with Gasteiger partial charge in [-0.3, -0.25) is 4.79 Å². The molecule has 5 rings (SSSR count). The molecule has 1 saturated carbocycles. The number of aromatic nitrogens is 4. The molecule has 1 aliphatic heterocycles. The normalized spacial score (nSPS) is 18.2. The van der Waals surface area contributed by atoms with Crippen molar-refractivity contribution < 1.29 is 0 Å². The summed E-state index contributed by atoms with van der Waals surface area (Å²) < 4.78 is 1.58. The van der Waals surface area contributed by atoms with E-state index in [1.165, 1.54) is 18.4 Å². The largest absolute Gasteiger partial charge is 0.352 e. The molecule has 0 aromatic carbocycles. The molecule has 0 spiro atoms. The molecule has 1 aliphatic carbocycles. The van der Waals surface area contributed by atoms with E-state index in [0.717, 1.165) is 42.7 Å². The summed E-state index contributed by atoms with van der Waals surface area (Å²) in [7, 11) is 1.76. The summed E-state index contributed by atoms with van der Waals surface area (Å²) in [6.07, 6.45) is 9.90. The third-order valence-electron chi connectivity index (χ3n) is 5.85. The van der Waals surface area contributed by atoms with E-state index in [9.17, 15) is 4.79 Å². The van der Waals surface area contributed by atoms with Gasteiger partial charge in [-0.2, -0.15) is 0 Å². The smallest absolute Gasteiger partial charge is 0.293 e. The molecule has 3 aromatic heterocycles. The van der Waals surface area contributed by atoms with Crippen molar-refractivity contribution >= 4 is 16.9 Å². The van der Waals surface area contributed by atoms with Gasteiger partial charge in [0.05, 0.1) is 0 Å². The number of rotatable bonds is 3. The monoisotopic (exact) mass is 361 g/mol. The molecule has 138 valence electrons.